The maximum atomic E-state index is 6.25. The minimum absolute atomic E-state index is 0.609. The lowest BCUT2D eigenvalue weighted by atomic mass is 10.1. The normalized spacial score (nSPS) is 16.2. The molecular formula is C22H29BrN2O. The SMILES string of the molecule is Cc1cc(Br)cc(CN2CCN(C(C)C)CC2)c1OCc1ccccc1. The zero-order chi connectivity index (χ0) is 18.5. The van der Waals surface area contributed by atoms with Gasteiger partial charge in [-0.05, 0) is 44.0 Å². The first kappa shape index (κ1) is 19.4. The predicted molar refractivity (Wildman–Crippen MR) is 112 cm³/mol. The van der Waals surface area contributed by atoms with Crippen LogP contribution in [0.2, 0.25) is 0 Å². The van der Waals surface area contributed by atoms with Gasteiger partial charge in [0.05, 0.1) is 0 Å². The monoisotopic (exact) mass is 416 g/mol. The highest BCUT2D eigenvalue weighted by molar-refractivity contribution is 9.10. The van der Waals surface area contributed by atoms with Crippen molar-refractivity contribution in [2.24, 2.45) is 0 Å². The molecule has 3 nitrogen and oxygen atoms in total. The minimum atomic E-state index is 0.609. The van der Waals surface area contributed by atoms with Crippen LogP contribution in [0.1, 0.15) is 30.5 Å². The van der Waals surface area contributed by atoms with E-state index < -0.39 is 0 Å². The summed E-state index contributed by atoms with van der Waals surface area (Å²) in [7, 11) is 0. The van der Waals surface area contributed by atoms with E-state index in [2.05, 4.69) is 82.9 Å². The van der Waals surface area contributed by atoms with Gasteiger partial charge in [0.25, 0.3) is 0 Å². The lowest BCUT2D eigenvalue weighted by Gasteiger charge is -2.37. The first-order valence-electron chi connectivity index (χ1n) is 9.45. The summed E-state index contributed by atoms with van der Waals surface area (Å²) in [5, 5.41) is 0. The van der Waals surface area contributed by atoms with E-state index >= 15 is 0 Å². The van der Waals surface area contributed by atoms with Crippen LogP contribution in [0.25, 0.3) is 0 Å². The van der Waals surface area contributed by atoms with Gasteiger partial charge in [0.2, 0.25) is 0 Å². The van der Waals surface area contributed by atoms with Crippen molar-refractivity contribution in [2.75, 3.05) is 26.2 Å². The summed E-state index contributed by atoms with van der Waals surface area (Å²) < 4.78 is 7.37. The van der Waals surface area contributed by atoms with E-state index in [1.165, 1.54) is 16.7 Å². The summed E-state index contributed by atoms with van der Waals surface area (Å²) >= 11 is 3.65. The molecule has 140 valence electrons. The fourth-order valence-electron chi connectivity index (χ4n) is 3.53. The predicted octanol–water partition coefficient (Wildman–Crippen LogP) is 4.86. The standard InChI is InChI=1S/C22H29BrN2O/c1-17(2)25-11-9-24(10-12-25)15-20-14-21(23)13-18(3)22(20)26-16-19-7-5-4-6-8-19/h4-8,13-14,17H,9-12,15-16H2,1-3H3. The number of halogens is 1. The van der Waals surface area contributed by atoms with E-state index in [1.54, 1.807) is 0 Å². The van der Waals surface area contributed by atoms with E-state index in [4.69, 9.17) is 4.74 Å². The van der Waals surface area contributed by atoms with Gasteiger partial charge in [0.15, 0.2) is 0 Å². The topological polar surface area (TPSA) is 15.7 Å². The molecule has 1 saturated heterocycles. The molecule has 0 amide bonds. The molecule has 0 unspecified atom stereocenters. The molecule has 0 radical (unpaired) electrons. The van der Waals surface area contributed by atoms with Crippen molar-refractivity contribution < 1.29 is 4.74 Å². The molecular weight excluding hydrogens is 388 g/mol. The van der Waals surface area contributed by atoms with Gasteiger partial charge in [-0.15, -0.1) is 0 Å². The van der Waals surface area contributed by atoms with E-state index in [9.17, 15) is 0 Å². The van der Waals surface area contributed by atoms with Gasteiger partial charge in [-0.2, -0.15) is 0 Å². The Morgan fingerprint density at radius 3 is 2.38 bits per heavy atom. The van der Waals surface area contributed by atoms with Gasteiger partial charge in [-0.3, -0.25) is 9.80 Å². The molecule has 3 rings (SSSR count). The summed E-state index contributed by atoms with van der Waals surface area (Å²) in [4.78, 5) is 5.09. The second-order valence-corrected chi connectivity index (χ2v) is 8.31. The molecule has 0 aliphatic carbocycles. The quantitative estimate of drug-likeness (QED) is 0.668. The number of hydrogen-bond donors (Lipinski definition) is 0. The Morgan fingerprint density at radius 2 is 1.73 bits per heavy atom. The molecule has 1 heterocycles. The third-order valence-corrected chi connectivity index (χ3v) is 5.53. The molecule has 1 fully saturated rings. The average molecular weight is 417 g/mol. The highest BCUT2D eigenvalue weighted by Gasteiger charge is 2.20. The molecule has 0 bridgehead atoms. The molecule has 0 spiro atoms. The Bertz CT molecular complexity index is 710. The fraction of sp³-hybridized carbons (Fsp3) is 0.455. The molecule has 2 aromatic carbocycles. The van der Waals surface area contributed by atoms with E-state index in [1.807, 2.05) is 6.07 Å². The van der Waals surface area contributed by atoms with Crippen LogP contribution in [0.3, 0.4) is 0 Å². The highest BCUT2D eigenvalue weighted by atomic mass is 79.9. The molecule has 4 heteroatoms. The second kappa shape index (κ2) is 9.03. The average Bonchev–Trinajstić information content (AvgIpc) is 2.62. The van der Waals surface area contributed by atoms with Gasteiger partial charge in [-0.25, -0.2) is 0 Å². The van der Waals surface area contributed by atoms with Gasteiger partial charge >= 0.3 is 0 Å². The Labute approximate surface area is 166 Å². The third-order valence-electron chi connectivity index (χ3n) is 5.07. The van der Waals surface area contributed by atoms with Crippen molar-refractivity contribution in [2.45, 2.75) is 40.0 Å². The molecule has 0 N–H and O–H groups in total. The first-order valence-corrected chi connectivity index (χ1v) is 10.2. The second-order valence-electron chi connectivity index (χ2n) is 7.39. The summed E-state index contributed by atoms with van der Waals surface area (Å²) in [6.45, 7) is 12.8. The lowest BCUT2D eigenvalue weighted by Crippen LogP contribution is -2.48. The first-order chi connectivity index (χ1) is 12.5. The fourth-order valence-corrected chi connectivity index (χ4v) is 4.15. The van der Waals surface area contributed by atoms with Crippen molar-refractivity contribution >= 4 is 15.9 Å². The molecule has 1 aliphatic rings. The molecule has 0 saturated carbocycles. The zero-order valence-electron chi connectivity index (χ0n) is 16.0. The summed E-state index contributed by atoms with van der Waals surface area (Å²) in [5.41, 5.74) is 3.66. The third kappa shape index (κ3) is 5.09. The van der Waals surface area contributed by atoms with Crippen LogP contribution in [0.4, 0.5) is 0 Å². The smallest absolute Gasteiger partial charge is 0.127 e. The summed E-state index contributed by atoms with van der Waals surface area (Å²) in [6.07, 6.45) is 0. The number of nitrogens with zero attached hydrogens (tertiary/aromatic N) is 2. The summed E-state index contributed by atoms with van der Waals surface area (Å²) in [6, 6.07) is 15.4. The Balaban J connectivity index is 1.70. The number of ether oxygens (including phenoxy) is 1. The van der Waals surface area contributed by atoms with Gasteiger partial charge in [0.1, 0.15) is 12.4 Å². The maximum absolute atomic E-state index is 6.25. The minimum Gasteiger partial charge on any atom is -0.488 e. The van der Waals surface area contributed by atoms with Crippen molar-refractivity contribution in [1.29, 1.82) is 0 Å². The number of piperazine rings is 1. The van der Waals surface area contributed by atoms with E-state index in [0.29, 0.717) is 12.6 Å². The van der Waals surface area contributed by atoms with Crippen LogP contribution < -0.4 is 4.74 Å². The molecule has 2 aromatic rings. The lowest BCUT2D eigenvalue weighted by molar-refractivity contribution is 0.103. The van der Waals surface area contributed by atoms with Crippen LogP contribution in [0.15, 0.2) is 46.9 Å². The molecule has 0 aromatic heterocycles. The molecule has 0 atom stereocenters. The maximum Gasteiger partial charge on any atom is 0.127 e. The van der Waals surface area contributed by atoms with Crippen molar-refractivity contribution in [3.8, 4) is 5.75 Å². The number of benzene rings is 2. The molecule has 1 aliphatic heterocycles. The Kier molecular flexibility index (Phi) is 6.74. The van der Waals surface area contributed by atoms with Crippen LogP contribution in [-0.4, -0.2) is 42.0 Å². The number of hydrogen-bond acceptors (Lipinski definition) is 3. The van der Waals surface area contributed by atoms with E-state index in [0.717, 1.165) is 42.9 Å². The number of aryl methyl sites for hydroxylation is 1. The Morgan fingerprint density at radius 1 is 1.04 bits per heavy atom. The van der Waals surface area contributed by atoms with Gasteiger partial charge in [0, 0.05) is 48.8 Å². The van der Waals surface area contributed by atoms with Crippen LogP contribution in [-0.2, 0) is 13.2 Å². The van der Waals surface area contributed by atoms with Gasteiger partial charge < -0.3 is 4.74 Å². The van der Waals surface area contributed by atoms with Crippen LogP contribution >= 0.6 is 15.9 Å². The number of rotatable bonds is 6. The van der Waals surface area contributed by atoms with Crippen molar-refractivity contribution in [1.82, 2.24) is 9.80 Å². The largest absolute Gasteiger partial charge is 0.488 e. The van der Waals surface area contributed by atoms with Gasteiger partial charge in [-0.1, -0.05) is 46.3 Å². The Hall–Kier alpha value is -1.36. The highest BCUT2D eigenvalue weighted by Crippen LogP contribution is 2.30. The van der Waals surface area contributed by atoms with Crippen LogP contribution in [0, 0.1) is 6.92 Å². The molecule has 26 heavy (non-hydrogen) atoms. The van der Waals surface area contributed by atoms with Crippen molar-refractivity contribution in [3.05, 3.63) is 63.6 Å². The summed E-state index contributed by atoms with van der Waals surface area (Å²) in [5.74, 6) is 1.03. The van der Waals surface area contributed by atoms with Crippen LogP contribution in [0.5, 0.6) is 5.75 Å². The van der Waals surface area contributed by atoms with E-state index in [-0.39, 0.29) is 0 Å². The van der Waals surface area contributed by atoms with Crippen molar-refractivity contribution in [3.63, 3.8) is 0 Å². The zero-order valence-corrected chi connectivity index (χ0v) is 17.6.